The predicted octanol–water partition coefficient (Wildman–Crippen LogP) is 5.86. The van der Waals surface area contributed by atoms with Gasteiger partial charge in [0.1, 0.15) is 5.82 Å². The molecule has 4 nitrogen and oxygen atoms in total. The van der Waals surface area contributed by atoms with Crippen molar-refractivity contribution in [3.05, 3.63) is 101 Å². The van der Waals surface area contributed by atoms with Gasteiger partial charge in [0.15, 0.2) is 0 Å². The molecule has 1 unspecified atom stereocenters. The first-order valence-electron chi connectivity index (χ1n) is 10.4. The first-order chi connectivity index (χ1) is 14.8. The van der Waals surface area contributed by atoms with Crippen molar-refractivity contribution in [2.45, 2.75) is 33.2 Å². The maximum atomic E-state index is 13.8. The van der Waals surface area contributed by atoms with Crippen molar-refractivity contribution in [3.8, 4) is 0 Å². The first kappa shape index (κ1) is 20.8. The number of amides is 1. The molecule has 0 heterocycles. The molecule has 2 N–H and O–H groups in total. The number of aryl methyl sites for hydroxylation is 1. The van der Waals surface area contributed by atoms with Gasteiger partial charge in [-0.3, -0.25) is 9.79 Å². The Morgan fingerprint density at radius 2 is 2.10 bits per heavy atom. The number of carbonyl (C=O) groups excluding carboxylic acids is 1. The van der Waals surface area contributed by atoms with Gasteiger partial charge in [-0.2, -0.15) is 0 Å². The molecular weight excluding hydrogens is 389 g/mol. The molecule has 2 aliphatic rings. The molecule has 0 bridgehead atoms. The summed E-state index contributed by atoms with van der Waals surface area (Å²) in [4.78, 5) is 17.1. The maximum Gasteiger partial charge on any atom is 0.255 e. The molecule has 2 aromatic rings. The topological polar surface area (TPSA) is 53.5 Å². The third-order valence-electron chi connectivity index (χ3n) is 5.67. The number of benzene rings is 2. The maximum absolute atomic E-state index is 13.8. The van der Waals surface area contributed by atoms with E-state index in [1.807, 2.05) is 37.4 Å². The summed E-state index contributed by atoms with van der Waals surface area (Å²) in [5.41, 5.74) is 7.04. The van der Waals surface area contributed by atoms with Crippen molar-refractivity contribution in [1.82, 2.24) is 5.32 Å². The lowest BCUT2D eigenvalue weighted by Gasteiger charge is -2.17. The zero-order valence-corrected chi connectivity index (χ0v) is 18.0. The van der Waals surface area contributed by atoms with E-state index in [-0.39, 0.29) is 17.8 Å². The number of rotatable bonds is 6. The number of fused-ring (bicyclic) bond motifs is 1. The molecule has 0 radical (unpaired) electrons. The summed E-state index contributed by atoms with van der Waals surface area (Å²) in [6.07, 6.45) is 5.04. The van der Waals surface area contributed by atoms with Crippen molar-refractivity contribution in [2.24, 2.45) is 10.9 Å². The highest BCUT2D eigenvalue weighted by atomic mass is 19.1. The number of anilines is 1. The molecule has 2 atom stereocenters. The van der Waals surface area contributed by atoms with Gasteiger partial charge in [-0.05, 0) is 68.2 Å². The average Bonchev–Trinajstić information content (AvgIpc) is 3.41. The highest BCUT2D eigenvalue weighted by Gasteiger charge is 2.37. The summed E-state index contributed by atoms with van der Waals surface area (Å²) in [5.74, 6) is -0.315. The van der Waals surface area contributed by atoms with E-state index in [0.717, 1.165) is 29.0 Å². The number of nitrogens with one attached hydrogen (secondary N) is 2. The van der Waals surface area contributed by atoms with Gasteiger partial charge in [0.2, 0.25) is 0 Å². The minimum Gasteiger partial charge on any atom is -0.381 e. The predicted molar refractivity (Wildman–Crippen MR) is 124 cm³/mol. The highest BCUT2D eigenvalue weighted by molar-refractivity contribution is 6.11. The van der Waals surface area contributed by atoms with Crippen LogP contribution in [0.4, 0.5) is 10.1 Å². The summed E-state index contributed by atoms with van der Waals surface area (Å²) >= 11 is 0. The summed E-state index contributed by atoms with van der Waals surface area (Å²) in [7, 11) is 0. The normalized spacial score (nSPS) is 19.7. The van der Waals surface area contributed by atoms with Crippen LogP contribution in [0.2, 0.25) is 0 Å². The van der Waals surface area contributed by atoms with Crippen molar-refractivity contribution in [2.75, 3.05) is 5.32 Å². The third kappa shape index (κ3) is 4.66. The molecule has 1 fully saturated rings. The van der Waals surface area contributed by atoms with Crippen LogP contribution >= 0.6 is 0 Å². The van der Waals surface area contributed by atoms with Crippen molar-refractivity contribution >= 4 is 17.3 Å². The number of hydrogen-bond donors (Lipinski definition) is 2. The lowest BCUT2D eigenvalue weighted by Crippen LogP contribution is -2.17. The van der Waals surface area contributed by atoms with Crippen molar-refractivity contribution in [3.63, 3.8) is 0 Å². The van der Waals surface area contributed by atoms with Crippen LogP contribution in [0.25, 0.3) is 0 Å². The first-order valence-corrected chi connectivity index (χ1v) is 10.4. The van der Waals surface area contributed by atoms with E-state index in [9.17, 15) is 9.18 Å². The second-order valence-electron chi connectivity index (χ2n) is 8.24. The zero-order chi connectivity index (χ0) is 22.1. The molecule has 0 aliphatic heterocycles. The number of nitrogens with zero attached hydrogens (tertiary/aromatic N) is 1. The van der Waals surface area contributed by atoms with Crippen LogP contribution in [0, 0.1) is 18.7 Å². The minimum absolute atomic E-state index is 0.0199. The van der Waals surface area contributed by atoms with Crippen LogP contribution in [0.3, 0.4) is 0 Å². The third-order valence-corrected chi connectivity index (χ3v) is 5.67. The molecule has 0 aromatic heterocycles. The largest absolute Gasteiger partial charge is 0.381 e. The summed E-state index contributed by atoms with van der Waals surface area (Å²) in [5, 5.41) is 6.28. The van der Waals surface area contributed by atoms with E-state index >= 15 is 0 Å². The summed E-state index contributed by atoms with van der Waals surface area (Å²) in [6, 6.07) is 12.1. The Morgan fingerprint density at radius 3 is 2.81 bits per heavy atom. The van der Waals surface area contributed by atoms with Crippen molar-refractivity contribution in [1.29, 1.82) is 0 Å². The van der Waals surface area contributed by atoms with Crippen molar-refractivity contribution < 1.29 is 9.18 Å². The molecule has 0 saturated heterocycles. The molecule has 4 rings (SSSR count). The van der Waals surface area contributed by atoms with E-state index in [4.69, 9.17) is 0 Å². The molecule has 1 amide bonds. The molecule has 2 aromatic carbocycles. The van der Waals surface area contributed by atoms with E-state index in [0.29, 0.717) is 22.7 Å². The zero-order valence-electron chi connectivity index (χ0n) is 18.0. The Morgan fingerprint density at radius 1 is 1.29 bits per heavy atom. The van der Waals surface area contributed by atoms with E-state index in [1.54, 1.807) is 19.1 Å². The van der Waals surface area contributed by atoms with Crippen LogP contribution in [0.1, 0.15) is 47.8 Å². The Balaban J connectivity index is 1.40. The number of halogens is 1. The fourth-order valence-electron chi connectivity index (χ4n) is 3.77. The van der Waals surface area contributed by atoms with Crippen LogP contribution in [-0.4, -0.2) is 11.6 Å². The second-order valence-corrected chi connectivity index (χ2v) is 8.24. The van der Waals surface area contributed by atoms with Gasteiger partial charge in [-0.15, -0.1) is 0 Å². The molecule has 1 saturated carbocycles. The lowest BCUT2D eigenvalue weighted by molar-refractivity contribution is 0.102. The van der Waals surface area contributed by atoms with Crippen LogP contribution in [0.5, 0.6) is 0 Å². The van der Waals surface area contributed by atoms with Crippen LogP contribution in [0.15, 0.2) is 83.2 Å². The van der Waals surface area contributed by atoms with E-state index in [2.05, 4.69) is 35.2 Å². The van der Waals surface area contributed by atoms with Gasteiger partial charge >= 0.3 is 0 Å². The number of carbonyl (C=O) groups is 1. The summed E-state index contributed by atoms with van der Waals surface area (Å²) < 4.78 is 13.8. The quantitative estimate of drug-likeness (QED) is 0.581. The van der Waals surface area contributed by atoms with Gasteiger partial charge in [0, 0.05) is 35.1 Å². The fourth-order valence-corrected chi connectivity index (χ4v) is 3.77. The SMILES string of the molecule is C=C1CC2=CC2C1=N/C=C(\C)N[C@@H](C)c1cccc(NC(=O)c2ccc(C)c(F)c2)c1. The molecule has 2 aliphatic carbocycles. The Bertz CT molecular complexity index is 1160. The van der Waals surface area contributed by atoms with Gasteiger partial charge in [0.05, 0.1) is 5.71 Å². The standard InChI is InChI=1S/C26H26FN3O/c1-15-8-9-20(13-24(15)27)26(31)30-22-7-5-6-19(11-22)18(4)29-17(3)14-28-25-16(2)10-21-12-23(21)25/h5-9,11-14,18,23,29H,2,10H2,1,3-4H3,(H,30,31)/b17-14+,28-25?/t18-,23?/m0/s1. The van der Waals surface area contributed by atoms with Crippen LogP contribution in [-0.2, 0) is 0 Å². The minimum atomic E-state index is -0.389. The fraction of sp³-hybridized carbons (Fsp3) is 0.231. The average molecular weight is 416 g/mol. The van der Waals surface area contributed by atoms with E-state index < -0.39 is 0 Å². The van der Waals surface area contributed by atoms with Gasteiger partial charge in [-0.25, -0.2) is 4.39 Å². The van der Waals surface area contributed by atoms with Gasteiger partial charge < -0.3 is 10.6 Å². The molecule has 5 heteroatoms. The Labute approximate surface area is 182 Å². The monoisotopic (exact) mass is 415 g/mol. The second kappa shape index (κ2) is 8.34. The molecular formula is C26H26FN3O. The summed E-state index contributed by atoms with van der Waals surface area (Å²) in [6.45, 7) is 9.79. The van der Waals surface area contributed by atoms with E-state index in [1.165, 1.54) is 11.6 Å². The molecule has 31 heavy (non-hydrogen) atoms. The molecule has 158 valence electrons. The van der Waals surface area contributed by atoms with Crippen LogP contribution < -0.4 is 10.6 Å². The van der Waals surface area contributed by atoms with Gasteiger partial charge in [-0.1, -0.05) is 36.4 Å². The lowest BCUT2D eigenvalue weighted by atomic mass is 10.1. The number of aliphatic imine (C=N–C) groups is 1. The highest BCUT2D eigenvalue weighted by Crippen LogP contribution is 2.44. The molecule has 0 spiro atoms. The Kier molecular flexibility index (Phi) is 5.59. The smallest absolute Gasteiger partial charge is 0.255 e. The number of allylic oxidation sites excluding steroid dienone is 4. The Hall–Kier alpha value is -3.47. The van der Waals surface area contributed by atoms with Gasteiger partial charge in [0.25, 0.3) is 5.91 Å². The number of hydrogen-bond acceptors (Lipinski definition) is 3.